The summed E-state index contributed by atoms with van der Waals surface area (Å²) in [6.07, 6.45) is 1.75. The summed E-state index contributed by atoms with van der Waals surface area (Å²) in [6.45, 7) is 0. The maximum atomic E-state index is 12.8. The third kappa shape index (κ3) is 2.29. The number of benzene rings is 2. The molecule has 2 aromatic carbocycles. The van der Waals surface area contributed by atoms with E-state index >= 15 is 0 Å². The second-order valence-corrected chi connectivity index (χ2v) is 5.33. The normalized spacial score (nSPS) is 15.9. The van der Waals surface area contributed by atoms with Crippen molar-refractivity contribution in [3.05, 3.63) is 71.9 Å². The Kier molecular flexibility index (Phi) is 3.51. The van der Waals surface area contributed by atoms with Gasteiger partial charge < -0.3 is 4.90 Å². The van der Waals surface area contributed by atoms with Crippen molar-refractivity contribution in [3.8, 4) is 0 Å². The van der Waals surface area contributed by atoms with Crippen LogP contribution >= 0.6 is 0 Å². The lowest BCUT2D eigenvalue weighted by molar-refractivity contribution is -0.112. The lowest BCUT2D eigenvalue weighted by atomic mass is 9.93. The first-order valence-corrected chi connectivity index (χ1v) is 7.01. The Morgan fingerprint density at radius 1 is 0.818 bits per heavy atom. The van der Waals surface area contributed by atoms with E-state index in [1.165, 1.54) is 4.90 Å². The van der Waals surface area contributed by atoms with Gasteiger partial charge in [0.1, 0.15) is 0 Å². The van der Waals surface area contributed by atoms with Gasteiger partial charge in [0.15, 0.2) is 0 Å². The fourth-order valence-corrected chi connectivity index (χ4v) is 2.55. The molecule has 0 unspecified atom stereocenters. The molecule has 4 heteroatoms. The second kappa shape index (κ2) is 5.48. The summed E-state index contributed by atoms with van der Waals surface area (Å²) in [5, 5.41) is 0. The molecular weight excluding hydrogens is 276 g/mol. The van der Waals surface area contributed by atoms with Crippen molar-refractivity contribution >= 4 is 23.1 Å². The number of carbonyl (C=O) groups is 2. The molecule has 0 fully saturated rings. The molecule has 0 spiro atoms. The van der Waals surface area contributed by atoms with Crippen LogP contribution in [0.25, 0.3) is 5.57 Å². The first-order valence-electron chi connectivity index (χ1n) is 7.01. The third-order valence-electron chi connectivity index (χ3n) is 3.49. The van der Waals surface area contributed by atoms with Crippen LogP contribution in [0.3, 0.4) is 0 Å². The van der Waals surface area contributed by atoms with Gasteiger partial charge in [-0.25, -0.2) is 4.90 Å². The van der Waals surface area contributed by atoms with Gasteiger partial charge in [-0.3, -0.25) is 9.59 Å². The van der Waals surface area contributed by atoms with E-state index in [4.69, 9.17) is 0 Å². The molecule has 0 aromatic heterocycles. The van der Waals surface area contributed by atoms with Crippen molar-refractivity contribution < 1.29 is 9.59 Å². The lowest BCUT2D eigenvalue weighted by Crippen LogP contribution is -2.42. The Morgan fingerprint density at radius 2 is 1.41 bits per heavy atom. The highest BCUT2D eigenvalue weighted by Gasteiger charge is 2.35. The number of hydrogen-bond donors (Lipinski definition) is 0. The van der Waals surface area contributed by atoms with Crippen LogP contribution in [0, 0.1) is 0 Å². The molecule has 1 aliphatic rings. The van der Waals surface area contributed by atoms with Gasteiger partial charge in [-0.2, -0.15) is 0 Å². The highest BCUT2D eigenvalue weighted by atomic mass is 16.2. The maximum absolute atomic E-state index is 12.8. The van der Waals surface area contributed by atoms with E-state index in [0.29, 0.717) is 22.4 Å². The van der Waals surface area contributed by atoms with Gasteiger partial charge >= 0.3 is 0 Å². The topological polar surface area (TPSA) is 40.6 Å². The number of para-hydroxylation sites is 1. The SMILES string of the molecule is CN(C)C=C1C(=O)N(c2ccccc2)C(=O)c2ccccc21. The van der Waals surface area contributed by atoms with E-state index in [9.17, 15) is 9.59 Å². The van der Waals surface area contributed by atoms with Crippen molar-refractivity contribution in [1.29, 1.82) is 0 Å². The molecule has 0 N–H and O–H groups in total. The molecule has 2 aromatic rings. The number of carbonyl (C=O) groups excluding carboxylic acids is 2. The van der Waals surface area contributed by atoms with E-state index in [2.05, 4.69) is 0 Å². The van der Waals surface area contributed by atoms with Gasteiger partial charge in [-0.15, -0.1) is 0 Å². The number of anilines is 1. The number of fused-ring (bicyclic) bond motifs is 1. The van der Waals surface area contributed by atoms with Crippen LogP contribution in [0.4, 0.5) is 5.69 Å². The Hall–Kier alpha value is -2.88. The van der Waals surface area contributed by atoms with Gasteiger partial charge in [0.2, 0.25) is 0 Å². The summed E-state index contributed by atoms with van der Waals surface area (Å²) < 4.78 is 0. The van der Waals surface area contributed by atoms with Crippen LogP contribution < -0.4 is 4.90 Å². The highest BCUT2D eigenvalue weighted by Crippen LogP contribution is 2.31. The maximum Gasteiger partial charge on any atom is 0.267 e. The molecule has 2 amide bonds. The molecule has 4 nitrogen and oxygen atoms in total. The fourth-order valence-electron chi connectivity index (χ4n) is 2.55. The smallest absolute Gasteiger partial charge is 0.267 e. The van der Waals surface area contributed by atoms with Gasteiger partial charge in [-0.05, 0) is 18.2 Å². The Balaban J connectivity index is 2.21. The van der Waals surface area contributed by atoms with E-state index in [0.717, 1.165) is 0 Å². The first kappa shape index (κ1) is 14.1. The molecule has 110 valence electrons. The number of hydrogen-bond acceptors (Lipinski definition) is 3. The molecule has 0 radical (unpaired) electrons. The van der Waals surface area contributed by atoms with E-state index in [1.54, 1.807) is 24.4 Å². The minimum absolute atomic E-state index is 0.289. The quantitative estimate of drug-likeness (QED) is 0.631. The van der Waals surface area contributed by atoms with Crippen LogP contribution in [0.5, 0.6) is 0 Å². The van der Waals surface area contributed by atoms with Crippen molar-refractivity contribution in [2.24, 2.45) is 0 Å². The zero-order chi connectivity index (χ0) is 15.7. The number of rotatable bonds is 2. The number of nitrogens with zero attached hydrogens (tertiary/aromatic N) is 2. The Labute approximate surface area is 129 Å². The van der Waals surface area contributed by atoms with Gasteiger partial charge in [0, 0.05) is 31.4 Å². The third-order valence-corrected chi connectivity index (χ3v) is 3.49. The van der Waals surface area contributed by atoms with E-state index in [1.807, 2.05) is 55.4 Å². The van der Waals surface area contributed by atoms with Crippen LogP contribution in [0.15, 0.2) is 60.8 Å². The standard InChI is InChI=1S/C18H16N2O2/c1-19(2)12-16-14-10-6-7-11-15(14)17(21)20(18(16)22)13-8-4-3-5-9-13/h3-12H,1-2H3. The molecular formula is C18H16N2O2. The lowest BCUT2D eigenvalue weighted by Gasteiger charge is -2.29. The molecule has 0 bridgehead atoms. The summed E-state index contributed by atoms with van der Waals surface area (Å²) in [7, 11) is 3.71. The second-order valence-electron chi connectivity index (χ2n) is 5.33. The van der Waals surface area contributed by atoms with Crippen LogP contribution in [0.2, 0.25) is 0 Å². The Bertz CT molecular complexity index is 764. The zero-order valence-electron chi connectivity index (χ0n) is 12.5. The minimum Gasteiger partial charge on any atom is -0.383 e. The average molecular weight is 292 g/mol. The van der Waals surface area contributed by atoms with E-state index < -0.39 is 0 Å². The molecule has 0 saturated heterocycles. The molecule has 0 aliphatic carbocycles. The average Bonchev–Trinajstić information content (AvgIpc) is 2.52. The minimum atomic E-state index is -0.302. The summed E-state index contributed by atoms with van der Waals surface area (Å²) in [6, 6.07) is 16.2. The zero-order valence-corrected chi connectivity index (χ0v) is 12.5. The van der Waals surface area contributed by atoms with Crippen molar-refractivity contribution in [1.82, 2.24) is 4.90 Å². The van der Waals surface area contributed by atoms with Crippen LogP contribution in [0.1, 0.15) is 15.9 Å². The first-order chi connectivity index (χ1) is 10.6. The number of amides is 2. The van der Waals surface area contributed by atoms with Gasteiger partial charge in [0.05, 0.1) is 11.3 Å². The summed E-state index contributed by atoms with van der Waals surface area (Å²) in [5.41, 5.74) is 2.32. The monoisotopic (exact) mass is 292 g/mol. The molecule has 0 atom stereocenters. The summed E-state index contributed by atoms with van der Waals surface area (Å²) in [5.74, 6) is -0.591. The number of imide groups is 1. The van der Waals surface area contributed by atoms with Crippen molar-refractivity contribution in [2.75, 3.05) is 19.0 Å². The van der Waals surface area contributed by atoms with Gasteiger partial charge in [-0.1, -0.05) is 36.4 Å². The van der Waals surface area contributed by atoms with Crippen LogP contribution in [-0.4, -0.2) is 30.8 Å². The van der Waals surface area contributed by atoms with Gasteiger partial charge in [0.25, 0.3) is 11.8 Å². The van der Waals surface area contributed by atoms with Crippen LogP contribution in [-0.2, 0) is 4.79 Å². The van der Waals surface area contributed by atoms with Crippen molar-refractivity contribution in [2.45, 2.75) is 0 Å². The predicted octanol–water partition coefficient (Wildman–Crippen LogP) is 2.78. The molecule has 22 heavy (non-hydrogen) atoms. The summed E-state index contributed by atoms with van der Waals surface area (Å²) in [4.78, 5) is 28.6. The molecule has 3 rings (SSSR count). The Morgan fingerprint density at radius 3 is 2.05 bits per heavy atom. The fraction of sp³-hybridized carbons (Fsp3) is 0.111. The molecule has 1 aliphatic heterocycles. The largest absolute Gasteiger partial charge is 0.383 e. The predicted molar refractivity (Wildman–Crippen MR) is 86.4 cm³/mol. The van der Waals surface area contributed by atoms with E-state index in [-0.39, 0.29) is 11.8 Å². The summed E-state index contributed by atoms with van der Waals surface area (Å²) >= 11 is 0. The molecule has 0 saturated carbocycles. The van der Waals surface area contributed by atoms with Crippen molar-refractivity contribution in [3.63, 3.8) is 0 Å². The highest BCUT2D eigenvalue weighted by molar-refractivity contribution is 6.40. The molecule has 1 heterocycles.